The highest BCUT2D eigenvalue weighted by Crippen LogP contribution is 2.28. The number of nitrogens with zero attached hydrogens (tertiary/aromatic N) is 1. The standard InChI is InChI=1S/C7H4BrFN2S.H2S2/c8-3-1-4(9)6-5(2-3)12-7(10)11-6;1-2/h1-2H,(H2,10,11);1-2H. The Kier molecular flexibility index (Phi) is 4.49. The SMILES string of the molecule is Nc1nc2c(F)cc(Br)cc2s1.SS. The molecule has 7 heteroatoms. The van der Waals surface area contributed by atoms with Gasteiger partial charge in [0, 0.05) is 4.47 Å². The van der Waals surface area contributed by atoms with Gasteiger partial charge in [-0.05, 0) is 12.1 Å². The van der Waals surface area contributed by atoms with Crippen LogP contribution in [0.4, 0.5) is 9.52 Å². The average molecular weight is 313 g/mol. The van der Waals surface area contributed by atoms with Gasteiger partial charge in [-0.25, -0.2) is 9.37 Å². The van der Waals surface area contributed by atoms with Crippen molar-refractivity contribution in [1.82, 2.24) is 4.98 Å². The number of nitrogens with two attached hydrogens (primary N) is 1. The first kappa shape index (κ1) is 12.1. The van der Waals surface area contributed by atoms with E-state index in [4.69, 9.17) is 5.73 Å². The van der Waals surface area contributed by atoms with E-state index in [0.29, 0.717) is 15.1 Å². The lowest BCUT2D eigenvalue weighted by molar-refractivity contribution is 0.636. The molecule has 14 heavy (non-hydrogen) atoms. The Hall–Kier alpha value is 0.0200. The second-order valence-electron chi connectivity index (χ2n) is 2.29. The van der Waals surface area contributed by atoms with Crippen molar-refractivity contribution in [2.45, 2.75) is 0 Å². The van der Waals surface area contributed by atoms with E-state index >= 15 is 0 Å². The fraction of sp³-hybridized carbons (Fsp3) is 0. The molecule has 0 amide bonds. The van der Waals surface area contributed by atoms with Gasteiger partial charge in [0.15, 0.2) is 10.9 Å². The van der Waals surface area contributed by atoms with Crippen molar-refractivity contribution in [2.75, 3.05) is 5.73 Å². The number of rotatable bonds is 0. The van der Waals surface area contributed by atoms with E-state index in [9.17, 15) is 4.39 Å². The number of aromatic nitrogens is 1. The minimum absolute atomic E-state index is 0.340. The first-order valence-corrected chi connectivity index (χ1v) is 6.59. The molecule has 2 N–H and O–H groups in total. The van der Waals surface area contributed by atoms with Crippen LogP contribution in [0.3, 0.4) is 0 Å². The van der Waals surface area contributed by atoms with Crippen LogP contribution >= 0.6 is 50.6 Å². The number of hydrogen-bond acceptors (Lipinski definition) is 5. The highest BCUT2D eigenvalue weighted by Gasteiger charge is 2.07. The normalized spacial score (nSPS) is 9.71. The molecule has 0 aliphatic heterocycles. The Bertz CT molecular complexity index is 446. The van der Waals surface area contributed by atoms with E-state index < -0.39 is 0 Å². The van der Waals surface area contributed by atoms with Crippen molar-refractivity contribution in [3.8, 4) is 0 Å². The second-order valence-corrected chi connectivity index (χ2v) is 4.26. The lowest BCUT2D eigenvalue weighted by Crippen LogP contribution is -1.81. The summed E-state index contributed by atoms with van der Waals surface area (Å²) in [6, 6.07) is 3.17. The van der Waals surface area contributed by atoms with Crippen molar-refractivity contribution >= 4 is 65.9 Å². The molecule has 0 aliphatic rings. The van der Waals surface area contributed by atoms with Crippen LogP contribution in [0.25, 0.3) is 10.2 Å². The minimum atomic E-state index is -0.340. The quantitative estimate of drug-likeness (QED) is 0.514. The van der Waals surface area contributed by atoms with Gasteiger partial charge >= 0.3 is 0 Å². The van der Waals surface area contributed by atoms with Gasteiger partial charge in [0.25, 0.3) is 0 Å². The van der Waals surface area contributed by atoms with Crippen LogP contribution in [0.2, 0.25) is 0 Å². The van der Waals surface area contributed by atoms with Gasteiger partial charge in [-0.2, -0.15) is 0 Å². The third-order valence-corrected chi connectivity index (χ3v) is 2.72. The molecule has 0 fully saturated rings. The minimum Gasteiger partial charge on any atom is -0.375 e. The van der Waals surface area contributed by atoms with Gasteiger partial charge in [0.1, 0.15) is 5.52 Å². The summed E-state index contributed by atoms with van der Waals surface area (Å²) in [5.41, 5.74) is 5.78. The van der Waals surface area contributed by atoms with Gasteiger partial charge < -0.3 is 5.73 Å². The zero-order chi connectivity index (χ0) is 10.7. The maximum atomic E-state index is 13.1. The van der Waals surface area contributed by atoms with E-state index in [1.807, 2.05) is 0 Å². The van der Waals surface area contributed by atoms with E-state index in [-0.39, 0.29) is 5.82 Å². The lowest BCUT2D eigenvalue weighted by atomic mass is 10.3. The zero-order valence-electron chi connectivity index (χ0n) is 6.74. The maximum Gasteiger partial charge on any atom is 0.181 e. The van der Waals surface area contributed by atoms with E-state index in [2.05, 4.69) is 44.2 Å². The summed E-state index contributed by atoms with van der Waals surface area (Å²) >= 11 is 10.9. The first-order chi connectivity index (χ1) is 6.66. The van der Waals surface area contributed by atoms with Gasteiger partial charge in [0.05, 0.1) is 4.70 Å². The second kappa shape index (κ2) is 5.20. The summed E-state index contributed by atoms with van der Waals surface area (Å²) in [5, 5.41) is 0.391. The predicted molar refractivity (Wildman–Crippen MR) is 69.7 cm³/mol. The number of fused-ring (bicyclic) bond motifs is 1. The highest BCUT2D eigenvalue weighted by atomic mass is 79.9. The third kappa shape index (κ3) is 2.53. The van der Waals surface area contributed by atoms with Gasteiger partial charge in [0.2, 0.25) is 0 Å². The van der Waals surface area contributed by atoms with E-state index in [0.717, 1.165) is 4.70 Å². The van der Waals surface area contributed by atoms with Crippen LogP contribution in [0.1, 0.15) is 0 Å². The van der Waals surface area contributed by atoms with Crippen molar-refractivity contribution < 1.29 is 4.39 Å². The molecule has 2 aromatic rings. The molecule has 0 saturated heterocycles. The molecular formula is C7H6BrFN2S3. The van der Waals surface area contributed by atoms with Crippen LogP contribution in [0, 0.1) is 5.82 Å². The van der Waals surface area contributed by atoms with Crippen molar-refractivity contribution in [3.05, 3.63) is 22.4 Å². The van der Waals surface area contributed by atoms with E-state index in [1.165, 1.54) is 17.4 Å². The summed E-state index contributed by atoms with van der Waals surface area (Å²) in [5.74, 6) is -0.340. The Labute approximate surface area is 103 Å². The smallest absolute Gasteiger partial charge is 0.181 e. The van der Waals surface area contributed by atoms with Gasteiger partial charge in [-0.1, -0.05) is 27.3 Å². The molecule has 0 aliphatic carbocycles. The monoisotopic (exact) mass is 312 g/mol. The summed E-state index contributed by atoms with van der Waals surface area (Å²) < 4.78 is 14.6. The molecule has 0 unspecified atom stereocenters. The molecule has 2 rings (SSSR count). The fourth-order valence-corrected chi connectivity index (χ4v) is 2.34. The molecule has 0 radical (unpaired) electrons. The molecule has 0 atom stereocenters. The van der Waals surface area contributed by atoms with Crippen LogP contribution in [0.5, 0.6) is 0 Å². The number of nitrogen functional groups attached to an aromatic ring is 1. The topological polar surface area (TPSA) is 38.9 Å². The maximum absolute atomic E-state index is 13.1. The van der Waals surface area contributed by atoms with Crippen molar-refractivity contribution in [1.29, 1.82) is 0 Å². The molecular weight excluding hydrogens is 307 g/mol. The summed E-state index contributed by atoms with van der Waals surface area (Å²) in [6.45, 7) is 0. The zero-order valence-corrected chi connectivity index (χ0v) is 10.9. The third-order valence-electron chi connectivity index (χ3n) is 1.43. The molecule has 76 valence electrons. The van der Waals surface area contributed by atoms with Crippen molar-refractivity contribution in [3.63, 3.8) is 0 Å². The fourth-order valence-electron chi connectivity index (χ4n) is 0.974. The Morgan fingerprint density at radius 1 is 1.43 bits per heavy atom. The molecule has 0 spiro atoms. The summed E-state index contributed by atoms with van der Waals surface area (Å²) in [6.07, 6.45) is 0. The summed E-state index contributed by atoms with van der Waals surface area (Å²) in [4.78, 5) is 3.85. The Morgan fingerprint density at radius 2 is 2.07 bits per heavy atom. The number of thiazole rings is 1. The van der Waals surface area contributed by atoms with Gasteiger partial charge in [-0.3, -0.25) is 0 Å². The largest absolute Gasteiger partial charge is 0.375 e. The van der Waals surface area contributed by atoms with Crippen LogP contribution in [-0.2, 0) is 0 Å². The number of thiol groups is 2. The predicted octanol–water partition coefficient (Wildman–Crippen LogP) is 3.54. The molecule has 0 bridgehead atoms. The molecule has 2 nitrogen and oxygen atoms in total. The molecule has 0 saturated carbocycles. The van der Waals surface area contributed by atoms with E-state index in [1.54, 1.807) is 6.07 Å². The van der Waals surface area contributed by atoms with Gasteiger partial charge in [-0.15, -0.1) is 23.3 Å². The highest BCUT2D eigenvalue weighted by molar-refractivity contribution is 9.10. The van der Waals surface area contributed by atoms with Crippen LogP contribution < -0.4 is 5.73 Å². The van der Waals surface area contributed by atoms with Crippen LogP contribution in [0.15, 0.2) is 16.6 Å². The van der Waals surface area contributed by atoms with Crippen LogP contribution in [-0.4, -0.2) is 4.98 Å². The molecule has 1 aromatic heterocycles. The summed E-state index contributed by atoms with van der Waals surface area (Å²) in [7, 11) is 0. The number of hydrogen-bond donors (Lipinski definition) is 3. The number of anilines is 1. The molecule has 1 heterocycles. The molecule has 1 aromatic carbocycles. The lowest BCUT2D eigenvalue weighted by Gasteiger charge is -1.91. The number of halogens is 2. The Balaban J connectivity index is 0.000000461. The number of benzene rings is 1. The Morgan fingerprint density at radius 3 is 2.71 bits per heavy atom. The first-order valence-electron chi connectivity index (χ1n) is 3.38. The van der Waals surface area contributed by atoms with Crippen molar-refractivity contribution in [2.24, 2.45) is 0 Å². The average Bonchev–Trinajstić information content (AvgIpc) is 2.49.